The van der Waals surface area contributed by atoms with E-state index >= 15 is 0 Å². The summed E-state index contributed by atoms with van der Waals surface area (Å²) in [5.74, 6) is 0.244. The van der Waals surface area contributed by atoms with Crippen molar-refractivity contribution in [3.8, 4) is 5.75 Å². The average Bonchev–Trinajstić information content (AvgIpc) is 2.48. The van der Waals surface area contributed by atoms with Crippen molar-refractivity contribution in [1.29, 1.82) is 0 Å². The van der Waals surface area contributed by atoms with Crippen molar-refractivity contribution >= 4 is 12.2 Å². The molecule has 0 radical (unpaired) electrons. The van der Waals surface area contributed by atoms with Crippen LogP contribution < -0.4 is 0 Å². The predicted octanol–water partition coefficient (Wildman–Crippen LogP) is 3.87. The summed E-state index contributed by atoms with van der Waals surface area (Å²) in [5.41, 5.74) is 2.08. The third-order valence-corrected chi connectivity index (χ3v) is 2.89. The summed E-state index contributed by atoms with van der Waals surface area (Å²) in [6, 6.07) is 16.9. The highest BCUT2D eigenvalue weighted by Crippen LogP contribution is 2.11. The Bertz CT molecular complexity index is 568. The van der Waals surface area contributed by atoms with Crippen molar-refractivity contribution in [2.75, 3.05) is 0 Å². The Kier molecular flexibility index (Phi) is 5.15. The molecule has 2 heteroatoms. The summed E-state index contributed by atoms with van der Waals surface area (Å²) in [4.78, 5) is 0. The van der Waals surface area contributed by atoms with Gasteiger partial charge in [-0.3, -0.25) is 0 Å². The van der Waals surface area contributed by atoms with Gasteiger partial charge in [-0.2, -0.15) is 0 Å². The molecule has 0 aliphatic heterocycles. The van der Waals surface area contributed by atoms with E-state index in [9.17, 15) is 10.2 Å². The number of aliphatic hydroxyl groups is 1. The zero-order chi connectivity index (χ0) is 14.2. The zero-order valence-corrected chi connectivity index (χ0v) is 11.2. The van der Waals surface area contributed by atoms with Gasteiger partial charge in [-0.1, -0.05) is 66.8 Å². The summed E-state index contributed by atoms with van der Waals surface area (Å²) in [7, 11) is 0. The van der Waals surface area contributed by atoms with Gasteiger partial charge in [0, 0.05) is 0 Å². The Balaban J connectivity index is 1.85. The summed E-state index contributed by atoms with van der Waals surface area (Å²) >= 11 is 0. The minimum atomic E-state index is -0.510. The minimum absolute atomic E-state index is 0.244. The molecule has 2 aromatic rings. The first-order chi connectivity index (χ1) is 9.74. The van der Waals surface area contributed by atoms with E-state index in [4.69, 9.17) is 0 Å². The molecule has 0 fully saturated rings. The molecule has 0 aliphatic carbocycles. The lowest BCUT2D eigenvalue weighted by atomic mass is 10.1. The molecule has 2 N–H and O–H groups in total. The quantitative estimate of drug-likeness (QED) is 0.862. The summed E-state index contributed by atoms with van der Waals surface area (Å²) in [5, 5.41) is 19.0. The monoisotopic (exact) mass is 266 g/mol. The lowest BCUT2D eigenvalue weighted by Crippen LogP contribution is -1.98. The van der Waals surface area contributed by atoms with Crippen LogP contribution in [0.25, 0.3) is 12.2 Å². The number of aliphatic hydroxyl groups excluding tert-OH is 1. The maximum absolute atomic E-state index is 9.86. The third kappa shape index (κ3) is 4.75. The van der Waals surface area contributed by atoms with Gasteiger partial charge >= 0.3 is 0 Å². The van der Waals surface area contributed by atoms with E-state index in [1.807, 2.05) is 48.6 Å². The first-order valence-electron chi connectivity index (χ1n) is 6.61. The van der Waals surface area contributed by atoms with Crippen LogP contribution in [0.4, 0.5) is 0 Å². The van der Waals surface area contributed by atoms with E-state index in [0.717, 1.165) is 11.1 Å². The first-order valence-corrected chi connectivity index (χ1v) is 6.61. The van der Waals surface area contributed by atoms with Crippen molar-refractivity contribution in [2.45, 2.75) is 12.5 Å². The van der Waals surface area contributed by atoms with Gasteiger partial charge in [0.25, 0.3) is 0 Å². The number of phenolic OH excluding ortho intramolecular Hbond substituents is 1. The second-order valence-electron chi connectivity index (χ2n) is 4.57. The number of rotatable bonds is 5. The van der Waals surface area contributed by atoms with Gasteiger partial charge in [-0.25, -0.2) is 0 Å². The molecule has 0 saturated carbocycles. The molecule has 102 valence electrons. The van der Waals surface area contributed by atoms with Crippen LogP contribution in [0.15, 0.2) is 66.7 Å². The molecule has 1 unspecified atom stereocenters. The number of phenols is 1. The maximum atomic E-state index is 9.86. The van der Waals surface area contributed by atoms with E-state index in [-0.39, 0.29) is 5.75 Å². The molecular formula is C18H18O2. The van der Waals surface area contributed by atoms with Gasteiger partial charge in [0.15, 0.2) is 0 Å². The van der Waals surface area contributed by atoms with Gasteiger partial charge in [0.05, 0.1) is 6.10 Å². The molecule has 20 heavy (non-hydrogen) atoms. The molecule has 2 aromatic carbocycles. The first kappa shape index (κ1) is 14.1. The molecule has 0 spiro atoms. The lowest BCUT2D eigenvalue weighted by Gasteiger charge is -2.01. The molecule has 1 atom stereocenters. The Morgan fingerprint density at radius 2 is 1.50 bits per heavy atom. The molecule has 2 nitrogen and oxygen atoms in total. The standard InChI is InChI=1S/C18H18O2/c19-17(8-4-7-15-5-2-1-3-6-15)12-9-16-10-13-18(20)14-11-16/h1-7,9-14,17,19-20H,8H2. The fraction of sp³-hybridized carbons (Fsp3) is 0.111. The molecular weight excluding hydrogens is 248 g/mol. The van der Waals surface area contributed by atoms with E-state index in [1.54, 1.807) is 30.3 Å². The van der Waals surface area contributed by atoms with Crippen molar-refractivity contribution in [3.63, 3.8) is 0 Å². The van der Waals surface area contributed by atoms with Gasteiger partial charge in [-0.15, -0.1) is 0 Å². The molecule has 0 bridgehead atoms. The van der Waals surface area contributed by atoms with Crippen LogP contribution in [0.3, 0.4) is 0 Å². The van der Waals surface area contributed by atoms with Crippen molar-refractivity contribution in [3.05, 3.63) is 77.9 Å². The highest BCUT2D eigenvalue weighted by atomic mass is 16.3. The van der Waals surface area contributed by atoms with Gasteiger partial charge in [0.1, 0.15) is 5.75 Å². The second-order valence-corrected chi connectivity index (χ2v) is 4.57. The third-order valence-electron chi connectivity index (χ3n) is 2.89. The SMILES string of the molecule is Oc1ccc(C=CC(O)CC=Cc2ccccc2)cc1. The molecule has 0 amide bonds. The van der Waals surface area contributed by atoms with Gasteiger partial charge < -0.3 is 10.2 Å². The fourth-order valence-electron chi connectivity index (χ4n) is 1.79. The fourth-order valence-corrected chi connectivity index (χ4v) is 1.79. The van der Waals surface area contributed by atoms with E-state index in [0.29, 0.717) is 6.42 Å². The molecule has 0 heterocycles. The normalized spacial score (nSPS) is 13.1. The van der Waals surface area contributed by atoms with Gasteiger partial charge in [-0.05, 0) is 29.7 Å². The summed E-state index contributed by atoms with van der Waals surface area (Å²) in [6.45, 7) is 0. The van der Waals surface area contributed by atoms with Crippen LogP contribution in [0, 0.1) is 0 Å². The Labute approximate surface area is 119 Å². The van der Waals surface area contributed by atoms with Crippen molar-refractivity contribution in [1.82, 2.24) is 0 Å². The molecule has 2 rings (SSSR count). The van der Waals surface area contributed by atoms with Crippen molar-refractivity contribution in [2.24, 2.45) is 0 Å². The van der Waals surface area contributed by atoms with Crippen molar-refractivity contribution < 1.29 is 10.2 Å². The van der Waals surface area contributed by atoms with Crippen LogP contribution in [-0.2, 0) is 0 Å². The molecule has 0 saturated heterocycles. The number of benzene rings is 2. The second kappa shape index (κ2) is 7.31. The average molecular weight is 266 g/mol. The zero-order valence-electron chi connectivity index (χ0n) is 11.2. The maximum Gasteiger partial charge on any atom is 0.115 e. The Morgan fingerprint density at radius 3 is 2.20 bits per heavy atom. The van der Waals surface area contributed by atoms with Crippen LogP contribution in [0.1, 0.15) is 17.5 Å². The lowest BCUT2D eigenvalue weighted by molar-refractivity contribution is 0.228. The smallest absolute Gasteiger partial charge is 0.115 e. The minimum Gasteiger partial charge on any atom is -0.508 e. The Morgan fingerprint density at radius 1 is 0.850 bits per heavy atom. The van der Waals surface area contributed by atoms with Gasteiger partial charge in [0.2, 0.25) is 0 Å². The number of aromatic hydroxyl groups is 1. The highest BCUT2D eigenvalue weighted by Gasteiger charge is 1.95. The van der Waals surface area contributed by atoms with Crippen LogP contribution in [0.2, 0.25) is 0 Å². The van der Waals surface area contributed by atoms with E-state index in [1.165, 1.54) is 0 Å². The molecule has 0 aliphatic rings. The predicted molar refractivity (Wildman–Crippen MR) is 83.2 cm³/mol. The van der Waals surface area contributed by atoms with Crippen LogP contribution >= 0.6 is 0 Å². The van der Waals surface area contributed by atoms with Crippen LogP contribution in [0.5, 0.6) is 5.75 Å². The summed E-state index contributed by atoms with van der Waals surface area (Å²) < 4.78 is 0. The Hall–Kier alpha value is -2.32. The topological polar surface area (TPSA) is 40.5 Å². The van der Waals surface area contributed by atoms with Crippen LogP contribution in [-0.4, -0.2) is 16.3 Å². The number of hydrogen-bond donors (Lipinski definition) is 2. The summed E-state index contributed by atoms with van der Waals surface area (Å²) in [6.07, 6.45) is 7.62. The highest BCUT2D eigenvalue weighted by molar-refractivity contribution is 5.51. The van der Waals surface area contributed by atoms with E-state index in [2.05, 4.69) is 0 Å². The number of hydrogen-bond acceptors (Lipinski definition) is 2. The molecule has 0 aromatic heterocycles. The largest absolute Gasteiger partial charge is 0.508 e. The van der Waals surface area contributed by atoms with E-state index < -0.39 is 6.10 Å².